The number of nitrogens with zero attached hydrogens (tertiary/aromatic N) is 2. The van der Waals surface area contributed by atoms with Crippen LogP contribution < -0.4 is 9.62 Å². The second-order valence-electron chi connectivity index (χ2n) is 6.73. The van der Waals surface area contributed by atoms with Crippen molar-refractivity contribution < 1.29 is 13.2 Å². The van der Waals surface area contributed by atoms with Gasteiger partial charge in [-0.2, -0.15) is 0 Å². The van der Waals surface area contributed by atoms with Gasteiger partial charge in [-0.15, -0.1) is 0 Å². The van der Waals surface area contributed by atoms with Crippen molar-refractivity contribution in [2.24, 2.45) is 0 Å². The zero-order valence-corrected chi connectivity index (χ0v) is 16.5. The van der Waals surface area contributed by atoms with Gasteiger partial charge in [-0.3, -0.25) is 9.10 Å². The highest BCUT2D eigenvalue weighted by Gasteiger charge is 2.24. The minimum Gasteiger partial charge on any atom is -0.337 e. The fourth-order valence-electron chi connectivity index (χ4n) is 3.07. The third-order valence-corrected chi connectivity index (χ3v) is 6.55. The molecule has 0 aliphatic carbocycles. The van der Waals surface area contributed by atoms with Crippen LogP contribution in [-0.4, -0.2) is 52.5 Å². The fraction of sp³-hybridized carbons (Fsp3) is 0.350. The summed E-state index contributed by atoms with van der Waals surface area (Å²) >= 11 is 0. The van der Waals surface area contributed by atoms with Crippen LogP contribution in [0.1, 0.15) is 22.3 Å². The molecule has 144 valence electrons. The van der Waals surface area contributed by atoms with Crippen LogP contribution in [-0.2, 0) is 10.0 Å². The average Bonchev–Trinajstić information content (AvgIpc) is 2.97. The van der Waals surface area contributed by atoms with Crippen LogP contribution in [0.5, 0.6) is 0 Å². The van der Waals surface area contributed by atoms with E-state index in [4.69, 9.17) is 0 Å². The Labute approximate surface area is 160 Å². The molecule has 0 saturated carbocycles. The first kappa shape index (κ1) is 19.4. The van der Waals surface area contributed by atoms with Gasteiger partial charge in [0.15, 0.2) is 0 Å². The molecule has 0 spiro atoms. The average molecular weight is 388 g/mol. The molecule has 27 heavy (non-hydrogen) atoms. The molecule has 6 nitrogen and oxygen atoms in total. The van der Waals surface area contributed by atoms with Gasteiger partial charge in [0.05, 0.1) is 10.6 Å². The minimum atomic E-state index is -3.75. The first-order valence-corrected chi connectivity index (χ1v) is 10.5. The predicted molar refractivity (Wildman–Crippen MR) is 107 cm³/mol. The van der Waals surface area contributed by atoms with Gasteiger partial charge in [0, 0.05) is 32.2 Å². The van der Waals surface area contributed by atoms with Gasteiger partial charge in [-0.05, 0) is 50.2 Å². The highest BCUT2D eigenvalue weighted by Crippen LogP contribution is 2.23. The highest BCUT2D eigenvalue weighted by atomic mass is 32.2. The number of benzene rings is 2. The zero-order valence-electron chi connectivity index (χ0n) is 15.7. The van der Waals surface area contributed by atoms with Crippen molar-refractivity contribution in [3.8, 4) is 0 Å². The molecule has 1 aliphatic rings. The molecule has 1 fully saturated rings. The molecule has 7 heteroatoms. The number of hydrogen-bond donors (Lipinski definition) is 1. The fourth-order valence-corrected chi connectivity index (χ4v) is 4.31. The Hall–Kier alpha value is -2.38. The summed E-state index contributed by atoms with van der Waals surface area (Å²) in [7, 11) is -2.23. The molecule has 0 atom stereocenters. The van der Waals surface area contributed by atoms with Crippen LogP contribution >= 0.6 is 0 Å². The van der Waals surface area contributed by atoms with Crippen LogP contribution in [0.4, 0.5) is 5.69 Å². The maximum absolute atomic E-state index is 13.0. The number of anilines is 1. The summed E-state index contributed by atoms with van der Waals surface area (Å²) in [5, 5.41) is 3.26. The van der Waals surface area contributed by atoms with Gasteiger partial charge in [-0.25, -0.2) is 8.42 Å². The SMILES string of the molecule is Cc1ccc(N(C)S(=O)(=O)c2cccc(C(=O)N3CCCNCC3)c2)cc1. The second kappa shape index (κ2) is 8.10. The van der Waals surface area contributed by atoms with Crippen molar-refractivity contribution in [2.45, 2.75) is 18.2 Å². The molecular weight excluding hydrogens is 362 g/mol. The molecule has 0 radical (unpaired) electrons. The third-order valence-electron chi connectivity index (χ3n) is 4.76. The number of aryl methyl sites for hydroxylation is 1. The molecule has 1 saturated heterocycles. The van der Waals surface area contributed by atoms with E-state index in [1.807, 2.05) is 19.1 Å². The monoisotopic (exact) mass is 387 g/mol. The highest BCUT2D eigenvalue weighted by molar-refractivity contribution is 7.92. The summed E-state index contributed by atoms with van der Waals surface area (Å²) in [6.07, 6.45) is 0.889. The van der Waals surface area contributed by atoms with E-state index in [0.29, 0.717) is 24.3 Å². The smallest absolute Gasteiger partial charge is 0.264 e. The Balaban J connectivity index is 1.87. The molecule has 1 heterocycles. The third kappa shape index (κ3) is 4.31. The van der Waals surface area contributed by atoms with Crippen LogP contribution in [0.15, 0.2) is 53.4 Å². The molecule has 1 N–H and O–H groups in total. The van der Waals surface area contributed by atoms with E-state index >= 15 is 0 Å². The largest absolute Gasteiger partial charge is 0.337 e. The summed E-state index contributed by atoms with van der Waals surface area (Å²) in [5.41, 5.74) is 2.04. The van der Waals surface area contributed by atoms with Crippen molar-refractivity contribution in [1.29, 1.82) is 0 Å². The standard InChI is InChI=1S/C20H25N3O3S/c1-16-7-9-18(10-8-16)22(2)27(25,26)19-6-3-5-17(15-19)20(24)23-13-4-11-21-12-14-23/h3,5-10,15,21H,4,11-14H2,1-2H3. The van der Waals surface area contributed by atoms with Crippen LogP contribution in [0, 0.1) is 6.92 Å². The predicted octanol–water partition coefficient (Wildman–Crippen LogP) is 2.26. The Kier molecular flexibility index (Phi) is 5.82. The quantitative estimate of drug-likeness (QED) is 0.874. The topological polar surface area (TPSA) is 69.7 Å². The first-order chi connectivity index (χ1) is 12.9. The van der Waals surface area contributed by atoms with Crippen molar-refractivity contribution in [2.75, 3.05) is 37.5 Å². The van der Waals surface area contributed by atoms with Crippen LogP contribution in [0.25, 0.3) is 0 Å². The van der Waals surface area contributed by atoms with Gasteiger partial charge in [0.25, 0.3) is 15.9 Å². The lowest BCUT2D eigenvalue weighted by atomic mass is 10.2. The molecular formula is C20H25N3O3S. The van der Waals surface area contributed by atoms with E-state index in [2.05, 4.69) is 5.32 Å². The first-order valence-electron chi connectivity index (χ1n) is 9.05. The number of rotatable bonds is 4. The van der Waals surface area contributed by atoms with Gasteiger partial charge in [0.1, 0.15) is 0 Å². The molecule has 3 rings (SSSR count). The molecule has 1 aliphatic heterocycles. The van der Waals surface area contributed by atoms with Crippen LogP contribution in [0.2, 0.25) is 0 Å². The van der Waals surface area contributed by atoms with Gasteiger partial charge < -0.3 is 10.2 Å². The van der Waals surface area contributed by atoms with E-state index < -0.39 is 10.0 Å². The lowest BCUT2D eigenvalue weighted by molar-refractivity contribution is 0.0766. The summed E-state index contributed by atoms with van der Waals surface area (Å²) in [6, 6.07) is 13.6. The molecule has 2 aromatic rings. The van der Waals surface area contributed by atoms with E-state index in [-0.39, 0.29) is 10.8 Å². The van der Waals surface area contributed by atoms with Crippen LogP contribution in [0.3, 0.4) is 0 Å². The number of nitrogens with one attached hydrogen (secondary N) is 1. The van der Waals surface area contributed by atoms with E-state index in [9.17, 15) is 13.2 Å². The molecule has 0 unspecified atom stereocenters. The lowest BCUT2D eigenvalue weighted by Crippen LogP contribution is -2.34. The molecule has 2 aromatic carbocycles. The number of hydrogen-bond acceptors (Lipinski definition) is 4. The Morgan fingerprint density at radius 1 is 1.07 bits per heavy atom. The van der Waals surface area contributed by atoms with E-state index in [1.165, 1.54) is 23.5 Å². The molecule has 1 amide bonds. The Morgan fingerprint density at radius 2 is 1.81 bits per heavy atom. The number of carbonyl (C=O) groups is 1. The maximum Gasteiger partial charge on any atom is 0.264 e. The Bertz CT molecular complexity index is 902. The van der Waals surface area contributed by atoms with E-state index in [0.717, 1.165) is 25.1 Å². The van der Waals surface area contributed by atoms with Gasteiger partial charge >= 0.3 is 0 Å². The van der Waals surface area contributed by atoms with Gasteiger partial charge in [0.2, 0.25) is 0 Å². The van der Waals surface area contributed by atoms with E-state index in [1.54, 1.807) is 29.2 Å². The number of sulfonamides is 1. The summed E-state index contributed by atoms with van der Waals surface area (Å²) < 4.78 is 27.3. The number of carbonyl (C=O) groups excluding carboxylic acids is 1. The molecule has 0 bridgehead atoms. The second-order valence-corrected chi connectivity index (χ2v) is 8.70. The summed E-state index contributed by atoms with van der Waals surface area (Å²) in [4.78, 5) is 14.7. The van der Waals surface area contributed by atoms with Crippen molar-refractivity contribution >= 4 is 21.6 Å². The normalized spacial score (nSPS) is 15.3. The van der Waals surface area contributed by atoms with Crippen molar-refractivity contribution in [3.63, 3.8) is 0 Å². The Morgan fingerprint density at radius 3 is 2.56 bits per heavy atom. The minimum absolute atomic E-state index is 0.115. The van der Waals surface area contributed by atoms with Crippen molar-refractivity contribution in [1.82, 2.24) is 10.2 Å². The van der Waals surface area contributed by atoms with Crippen molar-refractivity contribution in [3.05, 3.63) is 59.7 Å². The molecule has 0 aromatic heterocycles. The van der Waals surface area contributed by atoms with Gasteiger partial charge in [-0.1, -0.05) is 23.8 Å². The summed E-state index contributed by atoms with van der Waals surface area (Å²) in [5.74, 6) is -0.131. The summed E-state index contributed by atoms with van der Waals surface area (Å²) in [6.45, 7) is 4.89. The lowest BCUT2D eigenvalue weighted by Gasteiger charge is -2.22. The number of amides is 1. The zero-order chi connectivity index (χ0) is 19.4. The maximum atomic E-state index is 13.0.